The van der Waals surface area contributed by atoms with Gasteiger partial charge in [0.2, 0.25) is 11.8 Å². The van der Waals surface area contributed by atoms with E-state index in [-0.39, 0.29) is 23.8 Å². The molecule has 2 heterocycles. The van der Waals surface area contributed by atoms with Gasteiger partial charge in [-0.25, -0.2) is 0 Å². The molecule has 2 N–H and O–H groups in total. The number of aromatic nitrogens is 1. The molecule has 1 aromatic heterocycles. The Bertz CT molecular complexity index is 551. The summed E-state index contributed by atoms with van der Waals surface area (Å²) < 4.78 is 0. The van der Waals surface area contributed by atoms with Gasteiger partial charge in [0, 0.05) is 39.6 Å². The highest BCUT2D eigenvalue weighted by molar-refractivity contribution is 5.83. The van der Waals surface area contributed by atoms with E-state index in [9.17, 15) is 9.59 Å². The zero-order chi connectivity index (χ0) is 17.6. The van der Waals surface area contributed by atoms with Crippen LogP contribution in [-0.2, 0) is 16.0 Å². The van der Waals surface area contributed by atoms with E-state index >= 15 is 0 Å². The summed E-state index contributed by atoms with van der Waals surface area (Å²) in [5.74, 6) is 0.148. The number of piperidine rings is 1. The number of amides is 2. The maximum atomic E-state index is 12.8. The molecular weight excluding hydrogens is 304 g/mol. The van der Waals surface area contributed by atoms with Crippen molar-refractivity contribution >= 4 is 11.8 Å². The summed E-state index contributed by atoms with van der Waals surface area (Å²) in [7, 11) is 3.62. The van der Waals surface area contributed by atoms with Crippen LogP contribution >= 0.6 is 0 Å². The molecule has 1 aliphatic rings. The Morgan fingerprint density at radius 2 is 1.88 bits per heavy atom. The fourth-order valence-electron chi connectivity index (χ4n) is 3.54. The number of hydrogen-bond donors (Lipinski definition) is 1. The van der Waals surface area contributed by atoms with Gasteiger partial charge < -0.3 is 15.5 Å². The number of rotatable bonds is 6. The number of pyridine rings is 1. The Hall–Kier alpha value is -1.95. The summed E-state index contributed by atoms with van der Waals surface area (Å²) in [6.45, 7) is 1.27. The lowest BCUT2D eigenvalue weighted by Crippen LogP contribution is -2.51. The smallest absolute Gasteiger partial charge is 0.236 e. The predicted molar refractivity (Wildman–Crippen MR) is 93.2 cm³/mol. The van der Waals surface area contributed by atoms with Crippen molar-refractivity contribution in [2.75, 3.05) is 33.7 Å². The minimum Gasteiger partial charge on any atom is -0.348 e. The van der Waals surface area contributed by atoms with Gasteiger partial charge >= 0.3 is 0 Å². The molecule has 0 atom stereocenters. The quantitative estimate of drug-likeness (QED) is 0.845. The standard InChI is InChI=1S/C18H28N4O2/c1-21(2)17(24)18(7-3-4-15-5-10-20-11-6-15)8-12-22(13-9-18)16(23)14-19/h5-6,10-11H,3-4,7-9,12-14,19H2,1-2H3. The first-order valence-corrected chi connectivity index (χ1v) is 8.57. The van der Waals surface area contributed by atoms with Gasteiger partial charge in [-0.15, -0.1) is 0 Å². The number of nitrogens with zero attached hydrogens (tertiary/aromatic N) is 3. The molecular formula is C18H28N4O2. The average molecular weight is 332 g/mol. The molecule has 1 aromatic rings. The number of carbonyl (C=O) groups is 2. The summed E-state index contributed by atoms with van der Waals surface area (Å²) in [4.78, 5) is 32.1. The van der Waals surface area contributed by atoms with Crippen molar-refractivity contribution in [1.29, 1.82) is 0 Å². The maximum absolute atomic E-state index is 12.8. The zero-order valence-electron chi connectivity index (χ0n) is 14.7. The number of carbonyl (C=O) groups excluding carboxylic acids is 2. The fraction of sp³-hybridized carbons (Fsp3) is 0.611. The molecule has 6 heteroatoms. The van der Waals surface area contributed by atoms with Crippen LogP contribution in [0.2, 0.25) is 0 Å². The van der Waals surface area contributed by atoms with E-state index in [1.165, 1.54) is 5.56 Å². The second-order valence-electron chi connectivity index (χ2n) is 6.77. The molecule has 1 aliphatic heterocycles. The molecule has 0 unspecified atom stereocenters. The van der Waals surface area contributed by atoms with Crippen molar-refractivity contribution < 1.29 is 9.59 Å². The van der Waals surface area contributed by atoms with Gasteiger partial charge in [-0.1, -0.05) is 0 Å². The van der Waals surface area contributed by atoms with Crippen LogP contribution in [0.5, 0.6) is 0 Å². The number of hydrogen-bond acceptors (Lipinski definition) is 4. The second kappa shape index (κ2) is 8.24. The Kier molecular flexibility index (Phi) is 6.31. The fourth-order valence-corrected chi connectivity index (χ4v) is 3.54. The Morgan fingerprint density at radius 1 is 1.25 bits per heavy atom. The largest absolute Gasteiger partial charge is 0.348 e. The highest BCUT2D eigenvalue weighted by Gasteiger charge is 2.42. The van der Waals surface area contributed by atoms with E-state index in [0.29, 0.717) is 25.9 Å². The van der Waals surface area contributed by atoms with Gasteiger partial charge in [-0.3, -0.25) is 14.6 Å². The van der Waals surface area contributed by atoms with E-state index in [4.69, 9.17) is 5.73 Å². The molecule has 0 aliphatic carbocycles. The van der Waals surface area contributed by atoms with Crippen molar-refractivity contribution in [3.05, 3.63) is 30.1 Å². The topological polar surface area (TPSA) is 79.5 Å². The Balaban J connectivity index is 2.00. The molecule has 0 aromatic carbocycles. The van der Waals surface area contributed by atoms with E-state index in [2.05, 4.69) is 4.98 Å². The molecule has 0 spiro atoms. The van der Waals surface area contributed by atoms with Crippen LogP contribution in [0.4, 0.5) is 0 Å². The minimum absolute atomic E-state index is 0.0299. The van der Waals surface area contributed by atoms with Crippen molar-refractivity contribution in [3.63, 3.8) is 0 Å². The van der Waals surface area contributed by atoms with Crippen molar-refractivity contribution in [3.8, 4) is 0 Å². The van der Waals surface area contributed by atoms with Crippen molar-refractivity contribution in [2.24, 2.45) is 11.1 Å². The van der Waals surface area contributed by atoms with Crippen LogP contribution in [0, 0.1) is 5.41 Å². The lowest BCUT2D eigenvalue weighted by atomic mass is 9.73. The molecule has 0 radical (unpaired) electrons. The van der Waals surface area contributed by atoms with E-state index in [0.717, 1.165) is 19.3 Å². The van der Waals surface area contributed by atoms with Crippen LogP contribution in [0.3, 0.4) is 0 Å². The van der Waals surface area contributed by atoms with Crippen LogP contribution in [0.25, 0.3) is 0 Å². The summed E-state index contributed by atoms with van der Waals surface area (Å²) >= 11 is 0. The monoisotopic (exact) mass is 332 g/mol. The van der Waals surface area contributed by atoms with Gasteiger partial charge in [0.1, 0.15) is 0 Å². The third-order valence-electron chi connectivity index (χ3n) is 4.98. The molecule has 24 heavy (non-hydrogen) atoms. The Morgan fingerprint density at radius 3 is 2.42 bits per heavy atom. The van der Waals surface area contributed by atoms with Gasteiger partial charge in [0.05, 0.1) is 12.0 Å². The Labute approximate surface area is 144 Å². The number of likely N-dealkylation sites (tertiary alicyclic amines) is 1. The third kappa shape index (κ3) is 4.32. The summed E-state index contributed by atoms with van der Waals surface area (Å²) in [6, 6.07) is 4.03. The minimum atomic E-state index is -0.359. The summed E-state index contributed by atoms with van der Waals surface area (Å²) in [5.41, 5.74) is 6.34. The molecule has 132 valence electrons. The molecule has 1 saturated heterocycles. The van der Waals surface area contributed by atoms with Crippen molar-refractivity contribution in [2.45, 2.75) is 32.1 Å². The van der Waals surface area contributed by atoms with E-state index < -0.39 is 0 Å². The third-order valence-corrected chi connectivity index (χ3v) is 4.98. The molecule has 2 rings (SSSR count). The number of nitrogens with two attached hydrogens (primary N) is 1. The lowest BCUT2D eigenvalue weighted by molar-refractivity contribution is -0.146. The summed E-state index contributed by atoms with van der Waals surface area (Å²) in [5, 5.41) is 0. The zero-order valence-corrected chi connectivity index (χ0v) is 14.7. The van der Waals surface area contributed by atoms with E-state index in [1.54, 1.807) is 22.2 Å². The second-order valence-corrected chi connectivity index (χ2v) is 6.77. The highest BCUT2D eigenvalue weighted by Crippen LogP contribution is 2.38. The normalized spacial score (nSPS) is 16.7. The average Bonchev–Trinajstić information content (AvgIpc) is 2.61. The summed E-state index contributed by atoms with van der Waals surface area (Å²) in [6.07, 6.45) is 7.76. The highest BCUT2D eigenvalue weighted by atomic mass is 16.2. The van der Waals surface area contributed by atoms with E-state index in [1.807, 2.05) is 26.2 Å². The SMILES string of the molecule is CN(C)C(=O)C1(CCCc2ccncc2)CCN(C(=O)CN)CC1. The predicted octanol–water partition coefficient (Wildman–Crippen LogP) is 1.06. The molecule has 1 fully saturated rings. The number of aryl methyl sites for hydroxylation is 1. The van der Waals surface area contributed by atoms with Crippen LogP contribution in [0.1, 0.15) is 31.2 Å². The first-order chi connectivity index (χ1) is 11.5. The first-order valence-electron chi connectivity index (χ1n) is 8.57. The van der Waals surface area contributed by atoms with Gasteiger partial charge in [0.25, 0.3) is 0 Å². The maximum Gasteiger partial charge on any atom is 0.236 e. The lowest BCUT2D eigenvalue weighted by Gasteiger charge is -2.42. The molecule has 0 bridgehead atoms. The van der Waals surface area contributed by atoms with Crippen LogP contribution in [-0.4, -0.2) is 60.3 Å². The van der Waals surface area contributed by atoms with Crippen molar-refractivity contribution in [1.82, 2.24) is 14.8 Å². The van der Waals surface area contributed by atoms with Crippen LogP contribution in [0.15, 0.2) is 24.5 Å². The molecule has 6 nitrogen and oxygen atoms in total. The molecule has 0 saturated carbocycles. The van der Waals surface area contributed by atoms with Gasteiger partial charge in [-0.2, -0.15) is 0 Å². The van der Waals surface area contributed by atoms with Gasteiger partial charge in [0.15, 0.2) is 0 Å². The first kappa shape index (κ1) is 18.4. The van der Waals surface area contributed by atoms with Gasteiger partial charge in [-0.05, 0) is 49.8 Å². The van der Waals surface area contributed by atoms with Crippen LogP contribution < -0.4 is 5.73 Å². The molecule has 2 amide bonds.